The van der Waals surface area contributed by atoms with E-state index < -0.39 is 5.60 Å². The number of nitrogens with zero attached hydrogens (tertiary/aromatic N) is 1. The number of carbonyl (C=O) groups excluding carboxylic acids is 1. The molecule has 0 aromatic heterocycles. The number of ether oxygens (including phenoxy) is 2. The number of hydrogen-bond acceptors (Lipinski definition) is 4. The largest absolute Gasteiger partial charge is 0.444 e. The zero-order valence-electron chi connectivity index (χ0n) is 18.1. The first kappa shape index (κ1) is 22.4. The van der Waals surface area contributed by atoms with Crippen molar-refractivity contribution < 1.29 is 18.7 Å². The summed E-state index contributed by atoms with van der Waals surface area (Å²) in [6.45, 7) is 10.3. The molecule has 1 aromatic rings. The first-order valence-corrected chi connectivity index (χ1v) is 11.7. The molecular weight excluding hydrogens is 389 g/mol. The van der Waals surface area contributed by atoms with Gasteiger partial charge in [0.1, 0.15) is 11.4 Å². The SMILES string of the molecule is CCSc1ccc(COCC2CC2C2CCN(C(=O)OC(C)(C)C)CC2)c(F)c1. The molecule has 2 unspecified atom stereocenters. The molecule has 1 heterocycles. The van der Waals surface area contributed by atoms with Crippen molar-refractivity contribution in [2.45, 2.75) is 64.1 Å². The third-order valence-corrected chi connectivity index (χ3v) is 6.58. The van der Waals surface area contributed by atoms with E-state index >= 15 is 0 Å². The minimum absolute atomic E-state index is 0.176. The van der Waals surface area contributed by atoms with Crippen molar-refractivity contribution in [1.82, 2.24) is 4.90 Å². The molecule has 162 valence electrons. The zero-order chi connectivity index (χ0) is 21.0. The van der Waals surface area contributed by atoms with Crippen LogP contribution in [0.3, 0.4) is 0 Å². The third-order valence-electron chi connectivity index (χ3n) is 5.70. The Bertz CT molecular complexity index is 698. The van der Waals surface area contributed by atoms with E-state index in [1.807, 2.05) is 37.8 Å². The van der Waals surface area contributed by atoms with Gasteiger partial charge in [-0.15, -0.1) is 11.8 Å². The lowest BCUT2D eigenvalue weighted by atomic mass is 9.91. The molecule has 1 aromatic carbocycles. The highest BCUT2D eigenvalue weighted by molar-refractivity contribution is 7.99. The van der Waals surface area contributed by atoms with Gasteiger partial charge in [0.2, 0.25) is 0 Å². The maximum Gasteiger partial charge on any atom is 0.410 e. The molecule has 4 nitrogen and oxygen atoms in total. The highest BCUT2D eigenvalue weighted by Gasteiger charge is 2.44. The van der Waals surface area contributed by atoms with Gasteiger partial charge >= 0.3 is 6.09 Å². The van der Waals surface area contributed by atoms with Gasteiger partial charge in [0.15, 0.2) is 0 Å². The van der Waals surface area contributed by atoms with E-state index in [4.69, 9.17) is 9.47 Å². The van der Waals surface area contributed by atoms with Gasteiger partial charge in [-0.25, -0.2) is 9.18 Å². The van der Waals surface area contributed by atoms with Crippen LogP contribution in [-0.2, 0) is 16.1 Å². The van der Waals surface area contributed by atoms with Crippen LogP contribution in [0.25, 0.3) is 0 Å². The first-order chi connectivity index (χ1) is 13.8. The van der Waals surface area contributed by atoms with Gasteiger partial charge < -0.3 is 14.4 Å². The van der Waals surface area contributed by atoms with Crippen molar-refractivity contribution in [3.8, 4) is 0 Å². The van der Waals surface area contributed by atoms with E-state index in [9.17, 15) is 9.18 Å². The molecule has 0 bridgehead atoms. The fraction of sp³-hybridized carbons (Fsp3) is 0.696. The van der Waals surface area contributed by atoms with Crippen molar-refractivity contribution in [1.29, 1.82) is 0 Å². The highest BCUT2D eigenvalue weighted by Crippen LogP contribution is 2.48. The monoisotopic (exact) mass is 423 g/mol. The summed E-state index contributed by atoms with van der Waals surface area (Å²) in [5, 5.41) is 0. The summed E-state index contributed by atoms with van der Waals surface area (Å²) in [7, 11) is 0. The Morgan fingerprint density at radius 3 is 2.62 bits per heavy atom. The summed E-state index contributed by atoms with van der Waals surface area (Å²) >= 11 is 1.64. The molecule has 1 aliphatic carbocycles. The maximum atomic E-state index is 14.2. The van der Waals surface area contributed by atoms with Crippen LogP contribution in [0.4, 0.5) is 9.18 Å². The van der Waals surface area contributed by atoms with Crippen LogP contribution in [0.2, 0.25) is 0 Å². The summed E-state index contributed by atoms with van der Waals surface area (Å²) in [4.78, 5) is 15.0. The highest BCUT2D eigenvalue weighted by atomic mass is 32.2. The topological polar surface area (TPSA) is 38.8 Å². The predicted molar refractivity (Wildman–Crippen MR) is 115 cm³/mol. The molecule has 1 saturated carbocycles. The molecule has 0 radical (unpaired) electrons. The van der Waals surface area contributed by atoms with Gasteiger partial charge in [-0.2, -0.15) is 0 Å². The summed E-state index contributed by atoms with van der Waals surface area (Å²) in [5.41, 5.74) is 0.190. The number of halogens is 1. The smallest absolute Gasteiger partial charge is 0.410 e. The van der Waals surface area contributed by atoms with Crippen LogP contribution in [-0.4, -0.2) is 42.0 Å². The summed E-state index contributed by atoms with van der Waals surface area (Å²) in [5.74, 6) is 2.68. The van der Waals surface area contributed by atoms with Crippen molar-refractivity contribution in [3.63, 3.8) is 0 Å². The summed E-state index contributed by atoms with van der Waals surface area (Å²) < 4.78 is 25.4. The van der Waals surface area contributed by atoms with E-state index in [-0.39, 0.29) is 11.9 Å². The van der Waals surface area contributed by atoms with Crippen molar-refractivity contribution in [2.24, 2.45) is 17.8 Å². The van der Waals surface area contributed by atoms with E-state index in [1.54, 1.807) is 17.8 Å². The Hall–Kier alpha value is -1.27. The van der Waals surface area contributed by atoms with Gasteiger partial charge in [-0.1, -0.05) is 13.0 Å². The first-order valence-electron chi connectivity index (χ1n) is 10.7. The molecule has 29 heavy (non-hydrogen) atoms. The maximum absolute atomic E-state index is 14.2. The number of likely N-dealkylation sites (tertiary alicyclic amines) is 1. The molecule has 2 atom stereocenters. The fourth-order valence-electron chi connectivity index (χ4n) is 4.10. The van der Waals surface area contributed by atoms with Crippen molar-refractivity contribution >= 4 is 17.9 Å². The normalized spacial score (nSPS) is 22.6. The number of piperidine rings is 1. The lowest BCUT2D eigenvalue weighted by Gasteiger charge is -2.33. The molecule has 6 heteroatoms. The van der Waals surface area contributed by atoms with Gasteiger partial charge in [-0.05, 0) is 75.7 Å². The van der Waals surface area contributed by atoms with Gasteiger partial charge in [0, 0.05) is 23.5 Å². The Morgan fingerprint density at radius 2 is 2.00 bits per heavy atom. The number of benzene rings is 1. The van der Waals surface area contributed by atoms with Crippen LogP contribution >= 0.6 is 11.8 Å². The third kappa shape index (κ3) is 6.61. The number of hydrogen-bond donors (Lipinski definition) is 0. The van der Waals surface area contributed by atoms with Gasteiger partial charge in [0.05, 0.1) is 13.2 Å². The van der Waals surface area contributed by atoms with Crippen LogP contribution < -0.4 is 0 Å². The van der Waals surface area contributed by atoms with E-state index in [2.05, 4.69) is 6.92 Å². The minimum atomic E-state index is -0.443. The Morgan fingerprint density at radius 1 is 1.28 bits per heavy atom. The molecule has 2 fully saturated rings. The predicted octanol–water partition coefficient (Wildman–Crippen LogP) is 5.74. The molecule has 0 spiro atoms. The molecule has 0 N–H and O–H groups in total. The van der Waals surface area contributed by atoms with Crippen LogP contribution in [0.1, 0.15) is 52.5 Å². The average Bonchev–Trinajstić information content (AvgIpc) is 3.42. The molecule has 3 rings (SSSR count). The zero-order valence-corrected chi connectivity index (χ0v) is 18.9. The fourth-order valence-corrected chi connectivity index (χ4v) is 4.78. The van der Waals surface area contributed by atoms with E-state index in [0.717, 1.165) is 36.6 Å². The summed E-state index contributed by atoms with van der Waals surface area (Å²) in [6, 6.07) is 5.41. The Kier molecular flexibility index (Phi) is 7.49. The lowest BCUT2D eigenvalue weighted by Crippen LogP contribution is -2.42. The lowest BCUT2D eigenvalue weighted by molar-refractivity contribution is 0.0169. The minimum Gasteiger partial charge on any atom is -0.444 e. The quantitative estimate of drug-likeness (QED) is 0.525. The second-order valence-electron chi connectivity index (χ2n) is 9.17. The molecule has 1 saturated heterocycles. The van der Waals surface area contributed by atoms with Crippen LogP contribution in [0.15, 0.2) is 23.1 Å². The average molecular weight is 424 g/mol. The van der Waals surface area contributed by atoms with E-state index in [1.165, 1.54) is 6.42 Å². The molecule has 1 amide bonds. The van der Waals surface area contributed by atoms with E-state index in [0.29, 0.717) is 36.5 Å². The molecular formula is C23H34FNO3S. The molecule has 2 aliphatic rings. The number of rotatable bonds is 7. The number of amides is 1. The van der Waals surface area contributed by atoms with Gasteiger partial charge in [0.25, 0.3) is 0 Å². The standard InChI is InChI=1S/C23H34FNO3S/c1-5-29-19-7-6-17(21(24)13-19)14-27-15-18-12-20(18)16-8-10-25(11-9-16)22(26)28-23(2,3)4/h6-7,13,16,18,20H,5,8-12,14-15H2,1-4H3. The Labute approximate surface area is 178 Å². The second kappa shape index (κ2) is 9.69. The van der Waals surface area contributed by atoms with Gasteiger partial charge in [-0.3, -0.25) is 0 Å². The van der Waals surface area contributed by atoms with Crippen molar-refractivity contribution in [2.75, 3.05) is 25.4 Å². The summed E-state index contributed by atoms with van der Waals surface area (Å²) in [6.07, 6.45) is 3.06. The van der Waals surface area contributed by atoms with Crippen LogP contribution in [0, 0.1) is 23.6 Å². The van der Waals surface area contributed by atoms with Crippen molar-refractivity contribution in [3.05, 3.63) is 29.6 Å². The Balaban J connectivity index is 1.36. The number of thioether (sulfide) groups is 1. The van der Waals surface area contributed by atoms with Crippen LogP contribution in [0.5, 0.6) is 0 Å². The second-order valence-corrected chi connectivity index (χ2v) is 10.5. The number of carbonyl (C=O) groups is 1. The molecule has 1 aliphatic heterocycles.